The number of nitrogens with one attached hydrogen (secondary N) is 1. The molecule has 0 aliphatic heterocycles. The summed E-state index contributed by atoms with van der Waals surface area (Å²) in [5.41, 5.74) is 1.09. The fourth-order valence-corrected chi connectivity index (χ4v) is 5.55. The Morgan fingerprint density at radius 3 is 2.14 bits per heavy atom. The molecular weight excluding hydrogens is 566 g/mol. The number of likely N-dealkylation sites (N-methyl/N-ethyl adjacent to an activating group) is 1. The minimum absolute atomic E-state index is 0.0586. The number of hydrogen-bond donors (Lipinski definition) is 1. The average molecular weight is 593 g/mol. The number of amides is 2. The van der Waals surface area contributed by atoms with Gasteiger partial charge in [0.1, 0.15) is 12.6 Å². The first-order chi connectivity index (χ1) is 17.2. The lowest BCUT2D eigenvalue weighted by Crippen LogP contribution is -2.51. The van der Waals surface area contributed by atoms with Crippen molar-refractivity contribution in [2.75, 3.05) is 17.9 Å². The zero-order valence-corrected chi connectivity index (χ0v) is 23.1. The number of sulfonamides is 1. The van der Waals surface area contributed by atoms with Crippen LogP contribution in [0.4, 0.5) is 5.69 Å². The van der Waals surface area contributed by atoms with Gasteiger partial charge in [-0.2, -0.15) is 0 Å². The maximum atomic E-state index is 13.8. The third-order valence-corrected chi connectivity index (χ3v) is 8.19. The van der Waals surface area contributed by atoms with Crippen molar-refractivity contribution in [2.24, 2.45) is 0 Å². The lowest BCUT2D eigenvalue weighted by atomic mass is 10.1. The number of carbonyl (C=O) groups excluding carboxylic acids is 2. The molecule has 3 rings (SSSR count). The lowest BCUT2D eigenvalue weighted by Gasteiger charge is -2.33. The number of benzene rings is 3. The van der Waals surface area contributed by atoms with E-state index in [0.29, 0.717) is 17.1 Å². The van der Waals surface area contributed by atoms with Gasteiger partial charge in [-0.05, 0) is 60.5 Å². The summed E-state index contributed by atoms with van der Waals surface area (Å²) in [5, 5.41) is 3.15. The maximum Gasteiger partial charge on any atom is 0.264 e. The van der Waals surface area contributed by atoms with Crippen LogP contribution in [-0.2, 0) is 26.2 Å². The van der Waals surface area contributed by atoms with Gasteiger partial charge in [-0.3, -0.25) is 13.9 Å². The highest BCUT2D eigenvalue weighted by Gasteiger charge is 2.33. The third-order valence-electron chi connectivity index (χ3n) is 5.62. The molecule has 0 saturated carbocycles. The third kappa shape index (κ3) is 6.66. The van der Waals surface area contributed by atoms with Crippen molar-refractivity contribution in [3.8, 4) is 0 Å². The van der Waals surface area contributed by atoms with Gasteiger partial charge in [-0.15, -0.1) is 0 Å². The quantitative estimate of drug-likeness (QED) is 0.365. The van der Waals surface area contributed by atoms with Crippen LogP contribution < -0.4 is 9.62 Å². The Morgan fingerprint density at radius 2 is 1.58 bits per heavy atom. The van der Waals surface area contributed by atoms with E-state index in [4.69, 9.17) is 11.6 Å². The molecule has 0 aromatic heterocycles. The first-order valence-corrected chi connectivity index (χ1v) is 13.9. The maximum absolute atomic E-state index is 13.8. The molecule has 0 unspecified atom stereocenters. The van der Waals surface area contributed by atoms with Crippen LogP contribution in [0.15, 0.2) is 88.2 Å². The van der Waals surface area contributed by atoms with Crippen molar-refractivity contribution >= 4 is 55.1 Å². The largest absolute Gasteiger partial charge is 0.357 e. The molecule has 0 saturated heterocycles. The molecule has 0 bridgehead atoms. The van der Waals surface area contributed by atoms with Crippen LogP contribution in [0.3, 0.4) is 0 Å². The Kier molecular flexibility index (Phi) is 9.53. The zero-order chi connectivity index (χ0) is 26.3. The number of carbonyl (C=O) groups is 2. The molecule has 3 aromatic carbocycles. The van der Waals surface area contributed by atoms with E-state index in [1.54, 1.807) is 73.7 Å². The van der Waals surface area contributed by atoms with Crippen molar-refractivity contribution in [3.63, 3.8) is 0 Å². The second-order valence-corrected chi connectivity index (χ2v) is 11.2. The SMILES string of the molecule is CC[C@@H](C(=O)NC)N(Cc1ccc(Cl)cc1)C(=O)CN(c1ccc(Br)cc1)S(=O)(=O)c1ccccc1. The Hall–Kier alpha value is -2.88. The summed E-state index contributed by atoms with van der Waals surface area (Å²) < 4.78 is 29.1. The molecule has 10 heteroatoms. The van der Waals surface area contributed by atoms with Crippen LogP contribution in [0.2, 0.25) is 5.02 Å². The topological polar surface area (TPSA) is 86.8 Å². The molecule has 0 heterocycles. The number of nitrogens with zero attached hydrogens (tertiary/aromatic N) is 2. The van der Waals surface area contributed by atoms with Crippen LogP contribution >= 0.6 is 27.5 Å². The first kappa shape index (κ1) is 27.7. The van der Waals surface area contributed by atoms with E-state index in [9.17, 15) is 18.0 Å². The first-order valence-electron chi connectivity index (χ1n) is 11.3. The van der Waals surface area contributed by atoms with Gasteiger partial charge >= 0.3 is 0 Å². The summed E-state index contributed by atoms with van der Waals surface area (Å²) in [6, 6.07) is 20.8. The summed E-state index contributed by atoms with van der Waals surface area (Å²) in [6.45, 7) is 1.43. The number of anilines is 1. The highest BCUT2D eigenvalue weighted by Crippen LogP contribution is 2.26. The summed E-state index contributed by atoms with van der Waals surface area (Å²) in [5.74, 6) is -0.844. The van der Waals surface area contributed by atoms with Gasteiger partial charge in [0.25, 0.3) is 10.0 Å². The van der Waals surface area contributed by atoms with Crippen molar-refractivity contribution in [2.45, 2.75) is 30.8 Å². The fraction of sp³-hybridized carbons (Fsp3) is 0.231. The zero-order valence-electron chi connectivity index (χ0n) is 19.9. The second kappa shape index (κ2) is 12.4. The molecule has 0 radical (unpaired) electrons. The highest BCUT2D eigenvalue weighted by atomic mass is 79.9. The molecule has 190 valence electrons. The van der Waals surface area contributed by atoms with Crippen LogP contribution in [0.1, 0.15) is 18.9 Å². The minimum Gasteiger partial charge on any atom is -0.357 e. The summed E-state index contributed by atoms with van der Waals surface area (Å²) in [6.07, 6.45) is 0.350. The van der Waals surface area contributed by atoms with E-state index in [1.807, 2.05) is 0 Å². The molecule has 0 fully saturated rings. The van der Waals surface area contributed by atoms with E-state index in [-0.39, 0.29) is 17.3 Å². The smallest absolute Gasteiger partial charge is 0.264 e. The van der Waals surface area contributed by atoms with E-state index < -0.39 is 28.5 Å². The predicted molar refractivity (Wildman–Crippen MR) is 145 cm³/mol. The molecule has 7 nitrogen and oxygen atoms in total. The predicted octanol–water partition coefficient (Wildman–Crippen LogP) is 4.85. The van der Waals surface area contributed by atoms with Gasteiger partial charge in [-0.1, -0.05) is 64.8 Å². The van der Waals surface area contributed by atoms with Crippen LogP contribution in [0.5, 0.6) is 0 Å². The van der Waals surface area contributed by atoms with Gasteiger partial charge in [0.05, 0.1) is 10.6 Å². The molecular formula is C26H27BrClN3O4S. The molecule has 0 aliphatic rings. The van der Waals surface area contributed by atoms with Gasteiger partial charge in [-0.25, -0.2) is 8.42 Å². The van der Waals surface area contributed by atoms with Crippen molar-refractivity contribution in [1.82, 2.24) is 10.2 Å². The second-order valence-electron chi connectivity index (χ2n) is 7.99. The summed E-state index contributed by atoms with van der Waals surface area (Å²) in [7, 11) is -2.58. The van der Waals surface area contributed by atoms with Crippen LogP contribution in [0, 0.1) is 0 Å². The molecule has 0 spiro atoms. The Labute approximate surface area is 225 Å². The van der Waals surface area contributed by atoms with Crippen molar-refractivity contribution in [3.05, 3.63) is 93.9 Å². The summed E-state index contributed by atoms with van der Waals surface area (Å²) >= 11 is 9.37. The average Bonchev–Trinajstić information content (AvgIpc) is 2.89. The van der Waals surface area contributed by atoms with Gasteiger partial charge in [0.15, 0.2) is 0 Å². The molecule has 0 aliphatic carbocycles. The van der Waals surface area contributed by atoms with E-state index >= 15 is 0 Å². The lowest BCUT2D eigenvalue weighted by molar-refractivity contribution is -0.140. The highest BCUT2D eigenvalue weighted by molar-refractivity contribution is 9.10. The normalized spacial score (nSPS) is 12.0. The van der Waals surface area contributed by atoms with Gasteiger partial charge < -0.3 is 10.2 Å². The number of rotatable bonds is 10. The van der Waals surface area contributed by atoms with Gasteiger partial charge in [0, 0.05) is 23.1 Å². The standard InChI is InChI=1S/C26H27BrClN3O4S/c1-3-24(26(33)29-2)30(17-19-9-13-21(28)14-10-19)25(32)18-31(22-15-11-20(27)12-16-22)36(34,35)23-7-5-4-6-8-23/h4-16,24H,3,17-18H2,1-2H3,(H,29,33)/t24-/m0/s1. The van der Waals surface area contributed by atoms with Gasteiger partial charge in [0.2, 0.25) is 11.8 Å². The molecule has 36 heavy (non-hydrogen) atoms. The number of halogens is 2. The monoisotopic (exact) mass is 591 g/mol. The molecule has 2 amide bonds. The molecule has 1 atom stereocenters. The Balaban J connectivity index is 2.03. The van der Waals surface area contributed by atoms with Crippen LogP contribution in [0.25, 0.3) is 0 Å². The minimum atomic E-state index is -4.08. The van der Waals surface area contributed by atoms with Crippen LogP contribution in [-0.4, -0.2) is 44.8 Å². The fourth-order valence-electron chi connectivity index (χ4n) is 3.73. The van der Waals surface area contributed by atoms with Crippen molar-refractivity contribution < 1.29 is 18.0 Å². The molecule has 3 aromatic rings. The van der Waals surface area contributed by atoms with E-state index in [0.717, 1.165) is 14.3 Å². The molecule has 1 N–H and O–H groups in total. The Bertz CT molecular complexity index is 1290. The van der Waals surface area contributed by atoms with E-state index in [1.165, 1.54) is 24.1 Å². The van der Waals surface area contributed by atoms with Crippen molar-refractivity contribution in [1.29, 1.82) is 0 Å². The number of hydrogen-bond acceptors (Lipinski definition) is 4. The Morgan fingerprint density at radius 1 is 0.972 bits per heavy atom. The summed E-state index contributed by atoms with van der Waals surface area (Å²) in [4.78, 5) is 27.9. The van der Waals surface area contributed by atoms with E-state index in [2.05, 4.69) is 21.2 Å².